The Morgan fingerprint density at radius 2 is 1.51 bits per heavy atom. The molecule has 0 fully saturated rings. The topological polar surface area (TPSA) is 185 Å². The number of urea groups is 1. The van der Waals surface area contributed by atoms with E-state index in [9.17, 15) is 34.2 Å². The molecule has 1 aliphatic rings. The summed E-state index contributed by atoms with van der Waals surface area (Å²) in [6.45, 7) is 1.56. The number of phenolic OH excluding ortho intramolecular Hbond substituents is 1. The number of anilines is 2. The Hall–Kier alpha value is -5.39. The summed E-state index contributed by atoms with van der Waals surface area (Å²) in [5.74, 6) is -3.08. The van der Waals surface area contributed by atoms with Gasteiger partial charge in [0.05, 0.1) is 0 Å². The van der Waals surface area contributed by atoms with Gasteiger partial charge in [0.25, 0.3) is 0 Å². The predicted octanol–water partition coefficient (Wildman–Crippen LogP) is 3.31. The monoisotopic (exact) mass is 588 g/mol. The Balaban J connectivity index is 1.48. The molecule has 224 valence electrons. The first kappa shape index (κ1) is 30.6. The number of carbonyl (C=O) groups is 5. The highest BCUT2D eigenvalue weighted by atomic mass is 16.4. The number of aryl methyl sites for hydroxylation is 1. The molecule has 3 aromatic carbocycles. The average Bonchev–Trinajstić information content (AvgIpc) is 2.96. The van der Waals surface area contributed by atoms with Crippen molar-refractivity contribution in [3.8, 4) is 5.75 Å². The minimum atomic E-state index is -1.28. The van der Waals surface area contributed by atoms with Gasteiger partial charge in [0, 0.05) is 37.7 Å². The standard InChI is InChI=1S/C31H32N4O8/c1-18(36)35-15-14-21-17-23(33-31(43)32-22-7-10-24(37)11-8-22)9-12-25(21)28(35)29(40)34-26(30(41)42)16-20-4-2-19(3-5-20)6-13-27(38)39/h2-5,7-12,17,26,28,37H,6,13-16H2,1H3,(H,34,40)(H,38,39)(H,41,42)(H2,32,33,43). The van der Waals surface area contributed by atoms with Crippen LogP contribution in [0.15, 0.2) is 66.7 Å². The number of amides is 4. The van der Waals surface area contributed by atoms with Crippen molar-refractivity contribution in [2.24, 2.45) is 0 Å². The van der Waals surface area contributed by atoms with Gasteiger partial charge in [-0.15, -0.1) is 0 Å². The van der Waals surface area contributed by atoms with Crippen molar-refractivity contribution in [1.29, 1.82) is 0 Å². The summed E-state index contributed by atoms with van der Waals surface area (Å²) in [5.41, 5.74) is 3.62. The molecule has 4 rings (SSSR count). The van der Waals surface area contributed by atoms with Crippen LogP contribution in [-0.4, -0.2) is 62.6 Å². The maximum atomic E-state index is 13.6. The summed E-state index contributed by atoms with van der Waals surface area (Å²) in [4.78, 5) is 62.8. The third-order valence-corrected chi connectivity index (χ3v) is 7.11. The summed E-state index contributed by atoms with van der Waals surface area (Å²) in [5, 5.41) is 36.1. The molecule has 12 nitrogen and oxygen atoms in total. The maximum absolute atomic E-state index is 13.6. The van der Waals surface area contributed by atoms with Crippen molar-refractivity contribution < 1.29 is 39.3 Å². The minimum Gasteiger partial charge on any atom is -0.508 e. The van der Waals surface area contributed by atoms with E-state index in [2.05, 4.69) is 16.0 Å². The molecule has 1 aliphatic heterocycles. The van der Waals surface area contributed by atoms with Crippen LogP contribution >= 0.6 is 0 Å². The van der Waals surface area contributed by atoms with Gasteiger partial charge in [0.2, 0.25) is 11.8 Å². The molecule has 0 aromatic heterocycles. The third kappa shape index (κ3) is 8.09. The van der Waals surface area contributed by atoms with Crippen molar-refractivity contribution >= 4 is 41.2 Å². The largest absolute Gasteiger partial charge is 0.508 e. The van der Waals surface area contributed by atoms with E-state index in [1.165, 1.54) is 24.0 Å². The van der Waals surface area contributed by atoms with Crippen molar-refractivity contribution in [1.82, 2.24) is 10.2 Å². The molecule has 2 unspecified atom stereocenters. The first-order valence-corrected chi connectivity index (χ1v) is 13.6. The second-order valence-electron chi connectivity index (χ2n) is 10.2. The van der Waals surface area contributed by atoms with Gasteiger partial charge >= 0.3 is 18.0 Å². The van der Waals surface area contributed by atoms with E-state index in [0.717, 1.165) is 11.1 Å². The molecule has 4 amide bonds. The van der Waals surface area contributed by atoms with Crippen LogP contribution in [0.3, 0.4) is 0 Å². The first-order valence-electron chi connectivity index (χ1n) is 13.6. The number of aromatic hydroxyl groups is 1. The van der Waals surface area contributed by atoms with E-state index in [4.69, 9.17) is 5.11 Å². The summed E-state index contributed by atoms with van der Waals surface area (Å²) < 4.78 is 0. The number of nitrogens with zero attached hydrogens (tertiary/aromatic N) is 1. The van der Waals surface area contributed by atoms with E-state index < -0.39 is 36.0 Å². The zero-order valence-corrected chi connectivity index (χ0v) is 23.4. The first-order chi connectivity index (χ1) is 20.5. The Bertz CT molecular complexity index is 1520. The lowest BCUT2D eigenvalue weighted by Gasteiger charge is -2.36. The molecule has 6 N–H and O–H groups in total. The summed E-state index contributed by atoms with van der Waals surface area (Å²) >= 11 is 0. The second-order valence-corrected chi connectivity index (χ2v) is 10.2. The van der Waals surface area contributed by atoms with Crippen LogP contribution in [0.2, 0.25) is 0 Å². The van der Waals surface area contributed by atoms with E-state index >= 15 is 0 Å². The van der Waals surface area contributed by atoms with Gasteiger partial charge in [-0.3, -0.25) is 14.4 Å². The Morgan fingerprint density at radius 3 is 2.14 bits per heavy atom. The number of fused-ring (bicyclic) bond motifs is 1. The van der Waals surface area contributed by atoms with E-state index in [1.807, 2.05) is 0 Å². The number of carboxylic acids is 2. The van der Waals surface area contributed by atoms with Gasteiger partial charge in [-0.1, -0.05) is 30.3 Å². The molecule has 0 aliphatic carbocycles. The number of phenols is 1. The number of nitrogens with one attached hydrogen (secondary N) is 3. The minimum absolute atomic E-state index is 0.0149. The predicted molar refractivity (Wildman–Crippen MR) is 157 cm³/mol. The molecule has 1 heterocycles. The molecular formula is C31H32N4O8. The van der Waals surface area contributed by atoms with E-state index in [-0.39, 0.29) is 31.0 Å². The summed E-state index contributed by atoms with van der Waals surface area (Å²) in [7, 11) is 0. The number of carbonyl (C=O) groups excluding carboxylic acids is 3. The quantitative estimate of drug-likeness (QED) is 0.195. The lowest BCUT2D eigenvalue weighted by molar-refractivity contribution is -0.144. The fraction of sp³-hybridized carbons (Fsp3) is 0.258. The molecular weight excluding hydrogens is 556 g/mol. The molecule has 2 atom stereocenters. The van der Waals surface area contributed by atoms with Gasteiger partial charge in [0.15, 0.2) is 0 Å². The molecule has 0 radical (unpaired) electrons. The Morgan fingerprint density at radius 1 is 0.884 bits per heavy atom. The number of carboxylic acid groups (broad SMARTS) is 2. The zero-order valence-electron chi connectivity index (χ0n) is 23.4. The van der Waals surface area contributed by atoms with Crippen molar-refractivity contribution in [3.05, 3.63) is 89.0 Å². The number of hydrogen-bond acceptors (Lipinski definition) is 6. The van der Waals surface area contributed by atoms with Crippen molar-refractivity contribution in [2.45, 2.75) is 44.7 Å². The second kappa shape index (κ2) is 13.5. The smallest absolute Gasteiger partial charge is 0.326 e. The molecule has 12 heteroatoms. The van der Waals surface area contributed by atoms with Crippen LogP contribution in [0.1, 0.15) is 41.6 Å². The number of benzene rings is 3. The van der Waals surface area contributed by atoms with Crippen LogP contribution in [-0.2, 0) is 38.4 Å². The van der Waals surface area contributed by atoms with Gasteiger partial charge in [-0.2, -0.15) is 0 Å². The number of rotatable bonds is 10. The van der Waals surface area contributed by atoms with Crippen LogP contribution in [0.25, 0.3) is 0 Å². The van der Waals surface area contributed by atoms with Gasteiger partial charge in [-0.25, -0.2) is 9.59 Å². The van der Waals surface area contributed by atoms with Crippen molar-refractivity contribution in [3.63, 3.8) is 0 Å². The average molecular weight is 589 g/mol. The Labute approximate surface area is 247 Å². The SMILES string of the molecule is CC(=O)N1CCc2cc(NC(=O)Nc3ccc(O)cc3)ccc2C1C(=O)NC(Cc1ccc(CCC(=O)O)cc1)C(=O)O. The molecule has 43 heavy (non-hydrogen) atoms. The number of hydrogen-bond donors (Lipinski definition) is 6. The summed E-state index contributed by atoms with van der Waals surface area (Å²) in [6.07, 6.45) is 0.730. The van der Waals surface area contributed by atoms with Crippen molar-refractivity contribution in [2.75, 3.05) is 17.2 Å². The highest BCUT2D eigenvalue weighted by molar-refractivity contribution is 6.00. The van der Waals surface area contributed by atoms with Crippen LogP contribution in [0, 0.1) is 0 Å². The van der Waals surface area contributed by atoms with Gasteiger partial charge < -0.3 is 36.2 Å². The maximum Gasteiger partial charge on any atom is 0.326 e. The molecule has 0 saturated heterocycles. The van der Waals surface area contributed by atoms with Crippen LogP contribution in [0.5, 0.6) is 5.75 Å². The van der Waals surface area contributed by atoms with Crippen LogP contribution in [0.4, 0.5) is 16.2 Å². The molecule has 0 bridgehead atoms. The third-order valence-electron chi connectivity index (χ3n) is 7.11. The molecule has 0 spiro atoms. The number of aliphatic carboxylic acids is 2. The van der Waals surface area contributed by atoms with E-state index in [1.54, 1.807) is 54.6 Å². The van der Waals surface area contributed by atoms with Gasteiger partial charge in [-0.05, 0) is 71.5 Å². The zero-order chi connectivity index (χ0) is 31.1. The lowest BCUT2D eigenvalue weighted by atomic mass is 9.91. The van der Waals surface area contributed by atoms with Crippen LogP contribution < -0.4 is 16.0 Å². The normalized spacial score (nSPS) is 14.6. The fourth-order valence-corrected chi connectivity index (χ4v) is 4.94. The Kier molecular flexibility index (Phi) is 9.61. The van der Waals surface area contributed by atoms with Gasteiger partial charge in [0.1, 0.15) is 17.8 Å². The highest BCUT2D eigenvalue weighted by Crippen LogP contribution is 2.32. The molecule has 0 saturated carbocycles. The van der Waals surface area contributed by atoms with E-state index in [0.29, 0.717) is 35.3 Å². The fourth-order valence-electron chi connectivity index (χ4n) is 4.94. The lowest BCUT2D eigenvalue weighted by Crippen LogP contribution is -2.51. The summed E-state index contributed by atoms with van der Waals surface area (Å²) in [6, 6.07) is 14.9. The molecule has 3 aromatic rings. The highest BCUT2D eigenvalue weighted by Gasteiger charge is 2.36.